The van der Waals surface area contributed by atoms with E-state index in [2.05, 4.69) is 6.92 Å². The quantitative estimate of drug-likeness (QED) is 0.554. The Morgan fingerprint density at radius 2 is 1.91 bits per heavy atom. The minimum Gasteiger partial charge on any atom is -0.376 e. The standard InChI is InChI=1S/C8H14O3/c1-5-3-10-8-6(9-2)4-11-7(5)8/h5-8H,3-4H2,1-2H3/t5-,6+,7?,8?/m0/s1. The van der Waals surface area contributed by atoms with E-state index in [4.69, 9.17) is 14.2 Å². The third-order valence-electron chi connectivity index (χ3n) is 2.56. The van der Waals surface area contributed by atoms with Crippen molar-refractivity contribution in [3.05, 3.63) is 0 Å². The SMILES string of the molecule is CO[C@@H]1COC2C1OC[C@@H]2C. The van der Waals surface area contributed by atoms with Gasteiger partial charge in [0.05, 0.1) is 19.3 Å². The first-order chi connectivity index (χ1) is 5.33. The van der Waals surface area contributed by atoms with E-state index in [0.717, 1.165) is 6.61 Å². The summed E-state index contributed by atoms with van der Waals surface area (Å²) in [6.07, 6.45) is 0.625. The number of hydrogen-bond donors (Lipinski definition) is 0. The number of rotatable bonds is 1. The normalized spacial score (nSPS) is 49.6. The molecule has 0 aromatic heterocycles. The molecule has 2 saturated heterocycles. The van der Waals surface area contributed by atoms with E-state index in [1.54, 1.807) is 7.11 Å². The zero-order valence-electron chi connectivity index (χ0n) is 6.95. The highest BCUT2D eigenvalue weighted by Crippen LogP contribution is 2.31. The Balaban J connectivity index is 2.04. The van der Waals surface area contributed by atoms with Gasteiger partial charge in [0.25, 0.3) is 0 Å². The lowest BCUT2D eigenvalue weighted by molar-refractivity contribution is -0.00878. The number of fused-ring (bicyclic) bond motifs is 1. The molecule has 2 fully saturated rings. The molecule has 0 aliphatic carbocycles. The topological polar surface area (TPSA) is 27.7 Å². The monoisotopic (exact) mass is 158 g/mol. The lowest BCUT2D eigenvalue weighted by Gasteiger charge is -2.13. The molecule has 2 heterocycles. The van der Waals surface area contributed by atoms with Crippen molar-refractivity contribution in [1.29, 1.82) is 0 Å². The summed E-state index contributed by atoms with van der Waals surface area (Å²) < 4.78 is 16.3. The maximum Gasteiger partial charge on any atom is 0.112 e. The van der Waals surface area contributed by atoms with E-state index in [-0.39, 0.29) is 18.3 Å². The van der Waals surface area contributed by atoms with Gasteiger partial charge in [-0.15, -0.1) is 0 Å². The third kappa shape index (κ3) is 1.08. The van der Waals surface area contributed by atoms with Crippen LogP contribution in [0.25, 0.3) is 0 Å². The fourth-order valence-electron chi connectivity index (χ4n) is 1.86. The smallest absolute Gasteiger partial charge is 0.112 e. The van der Waals surface area contributed by atoms with Crippen LogP contribution in [0.2, 0.25) is 0 Å². The number of hydrogen-bond acceptors (Lipinski definition) is 3. The Kier molecular flexibility index (Phi) is 1.87. The maximum atomic E-state index is 5.54. The minimum absolute atomic E-state index is 0.157. The molecular formula is C8H14O3. The minimum atomic E-state index is 0.157. The van der Waals surface area contributed by atoms with Crippen LogP contribution >= 0.6 is 0 Å². The molecule has 64 valence electrons. The van der Waals surface area contributed by atoms with E-state index in [1.165, 1.54) is 0 Å². The van der Waals surface area contributed by atoms with Crippen molar-refractivity contribution in [3.63, 3.8) is 0 Å². The maximum absolute atomic E-state index is 5.54. The van der Waals surface area contributed by atoms with Crippen LogP contribution in [0, 0.1) is 5.92 Å². The first-order valence-electron chi connectivity index (χ1n) is 4.09. The molecule has 0 radical (unpaired) electrons. The summed E-state index contributed by atoms with van der Waals surface area (Å²) in [6.45, 7) is 3.66. The highest BCUT2D eigenvalue weighted by molar-refractivity contribution is 4.92. The summed E-state index contributed by atoms with van der Waals surface area (Å²) in [6, 6.07) is 0. The zero-order valence-corrected chi connectivity index (χ0v) is 6.95. The van der Waals surface area contributed by atoms with Crippen LogP contribution in [-0.4, -0.2) is 38.6 Å². The largest absolute Gasteiger partial charge is 0.376 e. The van der Waals surface area contributed by atoms with Crippen LogP contribution in [0.4, 0.5) is 0 Å². The molecule has 2 aliphatic rings. The highest BCUT2D eigenvalue weighted by atomic mass is 16.6. The van der Waals surface area contributed by atoms with E-state index < -0.39 is 0 Å². The summed E-state index contributed by atoms with van der Waals surface area (Å²) >= 11 is 0. The highest BCUT2D eigenvalue weighted by Gasteiger charge is 2.45. The molecule has 0 aromatic carbocycles. The Labute approximate surface area is 66.6 Å². The number of ether oxygens (including phenoxy) is 3. The van der Waals surface area contributed by atoms with Gasteiger partial charge in [0, 0.05) is 13.0 Å². The molecule has 2 aliphatic heterocycles. The first-order valence-corrected chi connectivity index (χ1v) is 4.09. The van der Waals surface area contributed by atoms with Crippen molar-refractivity contribution in [2.75, 3.05) is 20.3 Å². The summed E-state index contributed by atoms with van der Waals surface area (Å²) in [5.74, 6) is 0.528. The molecule has 0 amide bonds. The van der Waals surface area contributed by atoms with E-state index in [0.29, 0.717) is 12.5 Å². The molecule has 4 atom stereocenters. The van der Waals surface area contributed by atoms with Gasteiger partial charge in [0.1, 0.15) is 12.2 Å². The van der Waals surface area contributed by atoms with Gasteiger partial charge in [-0.05, 0) is 0 Å². The zero-order chi connectivity index (χ0) is 7.84. The van der Waals surface area contributed by atoms with E-state index in [9.17, 15) is 0 Å². The molecule has 0 saturated carbocycles. The summed E-state index contributed by atoms with van der Waals surface area (Å²) in [4.78, 5) is 0. The van der Waals surface area contributed by atoms with Gasteiger partial charge >= 0.3 is 0 Å². The second-order valence-corrected chi connectivity index (χ2v) is 3.35. The molecule has 11 heavy (non-hydrogen) atoms. The van der Waals surface area contributed by atoms with Crippen LogP contribution in [-0.2, 0) is 14.2 Å². The predicted octanol–water partition coefficient (Wildman–Crippen LogP) is 0.435. The van der Waals surface area contributed by atoms with E-state index in [1.807, 2.05) is 0 Å². The van der Waals surface area contributed by atoms with Crippen molar-refractivity contribution in [2.24, 2.45) is 5.92 Å². The molecule has 2 unspecified atom stereocenters. The van der Waals surface area contributed by atoms with Gasteiger partial charge in [-0.25, -0.2) is 0 Å². The van der Waals surface area contributed by atoms with Crippen LogP contribution < -0.4 is 0 Å². The first kappa shape index (κ1) is 7.53. The van der Waals surface area contributed by atoms with Crippen molar-refractivity contribution in [1.82, 2.24) is 0 Å². The van der Waals surface area contributed by atoms with Gasteiger partial charge in [0.2, 0.25) is 0 Å². The van der Waals surface area contributed by atoms with Gasteiger partial charge in [-0.1, -0.05) is 6.92 Å². The van der Waals surface area contributed by atoms with Crippen molar-refractivity contribution >= 4 is 0 Å². The average Bonchev–Trinajstić information content (AvgIpc) is 2.53. The summed E-state index contributed by atoms with van der Waals surface area (Å²) in [5, 5.41) is 0. The van der Waals surface area contributed by atoms with Crippen molar-refractivity contribution in [2.45, 2.75) is 25.2 Å². The van der Waals surface area contributed by atoms with Crippen LogP contribution in [0.3, 0.4) is 0 Å². The predicted molar refractivity (Wildman–Crippen MR) is 39.4 cm³/mol. The van der Waals surface area contributed by atoms with Crippen LogP contribution in [0.15, 0.2) is 0 Å². The number of methoxy groups -OCH3 is 1. The molecule has 3 nitrogen and oxygen atoms in total. The Morgan fingerprint density at radius 1 is 1.18 bits per heavy atom. The molecule has 3 heteroatoms. The molecule has 0 bridgehead atoms. The van der Waals surface area contributed by atoms with Gasteiger partial charge < -0.3 is 14.2 Å². The van der Waals surface area contributed by atoms with E-state index >= 15 is 0 Å². The Hall–Kier alpha value is -0.120. The van der Waals surface area contributed by atoms with Crippen LogP contribution in [0.1, 0.15) is 6.92 Å². The third-order valence-corrected chi connectivity index (χ3v) is 2.56. The molecular weight excluding hydrogens is 144 g/mol. The fourth-order valence-corrected chi connectivity index (χ4v) is 1.86. The van der Waals surface area contributed by atoms with Gasteiger partial charge in [-0.3, -0.25) is 0 Å². The summed E-state index contributed by atoms with van der Waals surface area (Å²) in [7, 11) is 1.71. The second kappa shape index (κ2) is 2.73. The average molecular weight is 158 g/mol. The lowest BCUT2D eigenvalue weighted by atomic mass is 10.0. The Morgan fingerprint density at radius 3 is 2.64 bits per heavy atom. The second-order valence-electron chi connectivity index (χ2n) is 3.35. The van der Waals surface area contributed by atoms with Crippen molar-refractivity contribution < 1.29 is 14.2 Å². The van der Waals surface area contributed by atoms with Crippen LogP contribution in [0.5, 0.6) is 0 Å². The fraction of sp³-hybridized carbons (Fsp3) is 1.00. The van der Waals surface area contributed by atoms with Gasteiger partial charge in [-0.2, -0.15) is 0 Å². The molecule has 2 rings (SSSR count). The Bertz CT molecular complexity index is 148. The lowest BCUT2D eigenvalue weighted by Crippen LogP contribution is -2.29. The van der Waals surface area contributed by atoms with Crippen molar-refractivity contribution in [3.8, 4) is 0 Å². The molecule has 0 spiro atoms. The molecule has 0 N–H and O–H groups in total. The van der Waals surface area contributed by atoms with Gasteiger partial charge in [0.15, 0.2) is 0 Å². The summed E-state index contributed by atoms with van der Waals surface area (Å²) in [5.41, 5.74) is 0. The molecule has 0 aromatic rings.